The van der Waals surface area contributed by atoms with E-state index in [1.807, 2.05) is 0 Å². The third kappa shape index (κ3) is 2.85. The molecular weight excluding hydrogens is 280 g/mol. The molecule has 0 unspecified atom stereocenters. The van der Waals surface area contributed by atoms with Gasteiger partial charge in [0.25, 0.3) is 5.91 Å². The van der Waals surface area contributed by atoms with Crippen LogP contribution in [0.1, 0.15) is 41.9 Å². The minimum absolute atomic E-state index is 0.119. The molecule has 2 aliphatic rings. The normalized spacial score (nSPS) is 29.0. The van der Waals surface area contributed by atoms with Crippen LogP contribution in [0.5, 0.6) is 0 Å². The Kier molecular flexibility index (Phi) is 4.40. The monoisotopic (exact) mass is 304 g/mol. The molecule has 1 N–H and O–H groups in total. The van der Waals surface area contributed by atoms with Crippen molar-refractivity contribution in [2.45, 2.75) is 50.8 Å². The summed E-state index contributed by atoms with van der Waals surface area (Å²) in [5.41, 5.74) is 0.477. The van der Waals surface area contributed by atoms with Gasteiger partial charge in [-0.15, -0.1) is 0 Å². The fourth-order valence-electron chi connectivity index (χ4n) is 3.69. The van der Waals surface area contributed by atoms with Crippen LogP contribution < -0.4 is 0 Å². The Labute approximate surface area is 131 Å². The van der Waals surface area contributed by atoms with Gasteiger partial charge in [0.05, 0.1) is 17.7 Å². The van der Waals surface area contributed by atoms with Crippen LogP contribution in [0.2, 0.25) is 0 Å². The number of hydrogen-bond acceptors (Lipinski definition) is 5. The van der Waals surface area contributed by atoms with E-state index < -0.39 is 6.10 Å². The summed E-state index contributed by atoms with van der Waals surface area (Å²) in [4.78, 5) is 24.7. The minimum Gasteiger partial charge on any atom is -0.389 e. The van der Waals surface area contributed by atoms with Gasteiger partial charge in [-0.3, -0.25) is 9.69 Å². The summed E-state index contributed by atoms with van der Waals surface area (Å²) in [5.74, 6) is 0.528. The quantitative estimate of drug-likeness (QED) is 0.896. The number of rotatable bonds is 3. The molecule has 3 rings (SSSR count). The molecule has 6 heteroatoms. The molecule has 1 aliphatic carbocycles. The zero-order chi connectivity index (χ0) is 15.7. The summed E-state index contributed by atoms with van der Waals surface area (Å²) in [5, 5.41) is 10.7. The average Bonchev–Trinajstić information content (AvgIpc) is 3.16. The molecule has 0 bridgehead atoms. The maximum absolute atomic E-state index is 12.5. The Bertz CT molecular complexity index is 527. The molecule has 1 saturated heterocycles. The fraction of sp³-hybridized carbons (Fsp3) is 0.688. The lowest BCUT2D eigenvalue weighted by Crippen LogP contribution is -2.48. The van der Waals surface area contributed by atoms with Crippen LogP contribution in [0.4, 0.5) is 0 Å². The van der Waals surface area contributed by atoms with Gasteiger partial charge in [-0.25, -0.2) is 9.97 Å². The molecule has 22 heavy (non-hydrogen) atoms. The molecular formula is C16H24N4O2. The molecule has 1 aliphatic heterocycles. The first-order valence-electron chi connectivity index (χ1n) is 8.06. The van der Waals surface area contributed by atoms with Crippen LogP contribution >= 0.6 is 0 Å². The van der Waals surface area contributed by atoms with Crippen molar-refractivity contribution in [1.82, 2.24) is 19.8 Å². The van der Waals surface area contributed by atoms with Crippen molar-refractivity contribution in [3.63, 3.8) is 0 Å². The average molecular weight is 304 g/mol. The van der Waals surface area contributed by atoms with E-state index in [4.69, 9.17) is 0 Å². The minimum atomic E-state index is -0.474. The first-order chi connectivity index (χ1) is 10.6. The van der Waals surface area contributed by atoms with Gasteiger partial charge in [-0.05, 0) is 45.7 Å². The standard InChI is InChI=1S/C16H24N4O2/c1-11-17-9-12(10-18-11)16(22)19(2)13-5-6-14(15(13)21)20-7-3-4-8-20/h9-10,13-15,21H,3-8H2,1-2H3/t13-,14-,15-/m1/s1. The Hall–Kier alpha value is -1.53. The SMILES string of the molecule is Cc1ncc(C(=O)N(C)[C@@H]2CC[C@@H](N3CCCC3)[C@@H]2O)cn1. The van der Waals surface area contributed by atoms with E-state index in [-0.39, 0.29) is 18.0 Å². The van der Waals surface area contributed by atoms with Crippen LogP contribution in [0.3, 0.4) is 0 Å². The first kappa shape index (κ1) is 15.4. The Morgan fingerprint density at radius 1 is 1.27 bits per heavy atom. The lowest BCUT2D eigenvalue weighted by molar-refractivity contribution is 0.0295. The van der Waals surface area contributed by atoms with E-state index in [9.17, 15) is 9.90 Å². The topological polar surface area (TPSA) is 69.6 Å². The Morgan fingerprint density at radius 2 is 1.91 bits per heavy atom. The number of hydrogen-bond donors (Lipinski definition) is 1. The number of aliphatic hydroxyl groups is 1. The molecule has 0 aromatic carbocycles. The summed E-state index contributed by atoms with van der Waals surface area (Å²) in [6, 6.07) is 0.0661. The van der Waals surface area contributed by atoms with E-state index in [2.05, 4.69) is 14.9 Å². The van der Waals surface area contributed by atoms with Gasteiger partial charge in [-0.1, -0.05) is 0 Å². The second-order valence-corrected chi connectivity index (χ2v) is 6.38. The smallest absolute Gasteiger partial charge is 0.257 e. The molecule has 120 valence electrons. The van der Waals surface area contributed by atoms with E-state index in [1.165, 1.54) is 12.8 Å². The molecule has 3 atom stereocenters. The van der Waals surface area contributed by atoms with E-state index in [1.54, 1.807) is 31.3 Å². The summed E-state index contributed by atoms with van der Waals surface area (Å²) in [6.45, 7) is 3.93. The highest BCUT2D eigenvalue weighted by Gasteiger charge is 2.42. The zero-order valence-corrected chi connectivity index (χ0v) is 13.3. The number of amides is 1. The highest BCUT2D eigenvalue weighted by Crippen LogP contribution is 2.30. The number of likely N-dealkylation sites (tertiary alicyclic amines) is 1. The van der Waals surface area contributed by atoms with Crippen molar-refractivity contribution in [2.75, 3.05) is 20.1 Å². The third-order valence-electron chi connectivity index (χ3n) is 5.00. The van der Waals surface area contributed by atoms with Gasteiger partial charge in [0, 0.05) is 25.5 Å². The third-order valence-corrected chi connectivity index (χ3v) is 5.00. The summed E-state index contributed by atoms with van der Waals surface area (Å²) in [6.07, 6.45) is 6.86. The zero-order valence-electron chi connectivity index (χ0n) is 13.3. The van der Waals surface area contributed by atoms with E-state index in [0.29, 0.717) is 11.4 Å². The number of likely N-dealkylation sites (N-methyl/N-ethyl adjacent to an activating group) is 1. The molecule has 1 aromatic rings. The summed E-state index contributed by atoms with van der Waals surface area (Å²) in [7, 11) is 1.77. The van der Waals surface area contributed by atoms with E-state index in [0.717, 1.165) is 25.9 Å². The van der Waals surface area contributed by atoms with Crippen molar-refractivity contribution in [3.8, 4) is 0 Å². The summed E-state index contributed by atoms with van der Waals surface area (Å²) >= 11 is 0. The predicted octanol–water partition coefficient (Wildman–Crippen LogP) is 0.845. The Morgan fingerprint density at radius 3 is 2.55 bits per heavy atom. The van der Waals surface area contributed by atoms with Crippen LogP contribution in [0.25, 0.3) is 0 Å². The molecule has 0 spiro atoms. The summed E-state index contributed by atoms with van der Waals surface area (Å²) < 4.78 is 0. The number of carbonyl (C=O) groups is 1. The second kappa shape index (κ2) is 6.30. The molecule has 0 radical (unpaired) electrons. The van der Waals surface area contributed by atoms with Crippen molar-refractivity contribution < 1.29 is 9.90 Å². The van der Waals surface area contributed by atoms with Gasteiger partial charge in [0.15, 0.2) is 0 Å². The lowest BCUT2D eigenvalue weighted by Gasteiger charge is -2.32. The van der Waals surface area contributed by atoms with Crippen molar-refractivity contribution in [3.05, 3.63) is 23.8 Å². The van der Waals surface area contributed by atoms with E-state index >= 15 is 0 Å². The maximum Gasteiger partial charge on any atom is 0.257 e. The Balaban J connectivity index is 1.68. The fourth-order valence-corrected chi connectivity index (χ4v) is 3.69. The molecule has 6 nitrogen and oxygen atoms in total. The highest BCUT2D eigenvalue weighted by molar-refractivity contribution is 5.93. The van der Waals surface area contributed by atoms with Crippen molar-refractivity contribution in [1.29, 1.82) is 0 Å². The molecule has 1 saturated carbocycles. The van der Waals surface area contributed by atoms with Crippen LogP contribution in [-0.4, -0.2) is 69.1 Å². The number of carbonyl (C=O) groups excluding carboxylic acids is 1. The first-order valence-corrected chi connectivity index (χ1v) is 8.06. The van der Waals surface area contributed by atoms with Crippen molar-refractivity contribution in [2.24, 2.45) is 0 Å². The largest absolute Gasteiger partial charge is 0.389 e. The number of aryl methyl sites for hydroxylation is 1. The highest BCUT2D eigenvalue weighted by atomic mass is 16.3. The van der Waals surface area contributed by atoms with Gasteiger partial charge in [-0.2, -0.15) is 0 Å². The van der Waals surface area contributed by atoms with Crippen LogP contribution in [0, 0.1) is 6.92 Å². The molecule has 1 aromatic heterocycles. The number of aliphatic hydroxyl groups excluding tert-OH is 1. The molecule has 2 fully saturated rings. The predicted molar refractivity (Wildman–Crippen MR) is 82.5 cm³/mol. The second-order valence-electron chi connectivity index (χ2n) is 6.38. The molecule has 1 amide bonds. The van der Waals surface area contributed by atoms with Gasteiger partial charge in [0.2, 0.25) is 0 Å². The lowest BCUT2D eigenvalue weighted by atomic mass is 10.1. The van der Waals surface area contributed by atoms with Crippen LogP contribution in [0.15, 0.2) is 12.4 Å². The van der Waals surface area contributed by atoms with Crippen LogP contribution in [-0.2, 0) is 0 Å². The van der Waals surface area contributed by atoms with Crippen molar-refractivity contribution >= 4 is 5.91 Å². The molecule has 2 heterocycles. The maximum atomic E-state index is 12.5. The van der Waals surface area contributed by atoms with Gasteiger partial charge < -0.3 is 10.0 Å². The number of aromatic nitrogens is 2. The van der Waals surface area contributed by atoms with Gasteiger partial charge in [0.1, 0.15) is 5.82 Å². The number of nitrogens with zero attached hydrogens (tertiary/aromatic N) is 4. The van der Waals surface area contributed by atoms with Gasteiger partial charge >= 0.3 is 0 Å².